The summed E-state index contributed by atoms with van der Waals surface area (Å²) in [5.41, 5.74) is 1.10. The van der Waals surface area contributed by atoms with Gasteiger partial charge in [-0.1, -0.05) is 18.2 Å². The van der Waals surface area contributed by atoms with Crippen LogP contribution in [0.15, 0.2) is 29.2 Å². The second-order valence-electron chi connectivity index (χ2n) is 5.08. The third-order valence-electron chi connectivity index (χ3n) is 3.54. The molecule has 1 aromatic carbocycles. The van der Waals surface area contributed by atoms with Crippen molar-refractivity contribution in [3.8, 4) is 0 Å². The van der Waals surface area contributed by atoms with Crippen molar-refractivity contribution in [1.82, 2.24) is 5.32 Å². The van der Waals surface area contributed by atoms with Crippen molar-refractivity contribution in [2.45, 2.75) is 36.2 Å². The minimum atomic E-state index is -3.06. The SMILES string of the molecule is CC1(NC2CS(=O)(=O)c3ccccc32)CC1. The number of fused-ring (bicyclic) bond motifs is 1. The van der Waals surface area contributed by atoms with Gasteiger partial charge >= 0.3 is 0 Å². The van der Waals surface area contributed by atoms with Gasteiger partial charge < -0.3 is 5.32 Å². The zero-order valence-corrected chi connectivity index (χ0v) is 10.0. The quantitative estimate of drug-likeness (QED) is 0.851. The van der Waals surface area contributed by atoms with Gasteiger partial charge in [-0.2, -0.15) is 0 Å². The molecule has 1 unspecified atom stereocenters. The molecule has 0 spiro atoms. The van der Waals surface area contributed by atoms with E-state index in [1.807, 2.05) is 12.1 Å². The standard InChI is InChI=1S/C12H15NO2S/c1-12(6-7-12)13-10-8-16(14,15)11-5-3-2-4-9(10)11/h2-5,10,13H,6-8H2,1H3. The van der Waals surface area contributed by atoms with Gasteiger partial charge in [-0.15, -0.1) is 0 Å². The summed E-state index contributed by atoms with van der Waals surface area (Å²) in [4.78, 5) is 0.511. The highest BCUT2D eigenvalue weighted by molar-refractivity contribution is 7.91. The van der Waals surface area contributed by atoms with Crippen LogP contribution in [-0.2, 0) is 9.84 Å². The highest BCUT2D eigenvalue weighted by atomic mass is 32.2. The van der Waals surface area contributed by atoms with Crippen molar-refractivity contribution in [3.63, 3.8) is 0 Å². The number of hydrogen-bond donors (Lipinski definition) is 1. The molecule has 1 aliphatic carbocycles. The summed E-state index contributed by atoms with van der Waals surface area (Å²) < 4.78 is 23.9. The van der Waals surface area contributed by atoms with Gasteiger partial charge in [0.05, 0.1) is 10.6 Å². The third kappa shape index (κ3) is 1.57. The van der Waals surface area contributed by atoms with Crippen LogP contribution in [0.3, 0.4) is 0 Å². The molecule has 1 aliphatic heterocycles. The van der Waals surface area contributed by atoms with Gasteiger partial charge in [-0.25, -0.2) is 8.42 Å². The lowest BCUT2D eigenvalue weighted by Crippen LogP contribution is -2.33. The molecule has 3 rings (SSSR count). The number of sulfone groups is 1. The van der Waals surface area contributed by atoms with E-state index < -0.39 is 9.84 Å². The molecule has 1 fully saturated rings. The van der Waals surface area contributed by atoms with E-state index in [1.165, 1.54) is 0 Å². The predicted molar refractivity (Wildman–Crippen MR) is 62.0 cm³/mol. The Hall–Kier alpha value is -0.870. The van der Waals surface area contributed by atoms with Gasteiger partial charge in [0, 0.05) is 11.6 Å². The summed E-state index contributed by atoms with van der Waals surface area (Å²) in [6, 6.07) is 7.31. The molecule has 4 heteroatoms. The van der Waals surface area contributed by atoms with E-state index in [0.29, 0.717) is 4.90 Å². The fourth-order valence-corrected chi connectivity index (χ4v) is 4.06. The number of hydrogen-bond acceptors (Lipinski definition) is 3. The van der Waals surface area contributed by atoms with Gasteiger partial charge in [-0.3, -0.25) is 0 Å². The molecule has 2 aliphatic rings. The van der Waals surface area contributed by atoms with Crippen LogP contribution >= 0.6 is 0 Å². The fraction of sp³-hybridized carbons (Fsp3) is 0.500. The van der Waals surface area contributed by atoms with E-state index >= 15 is 0 Å². The van der Waals surface area contributed by atoms with Crippen LogP contribution in [0.5, 0.6) is 0 Å². The van der Waals surface area contributed by atoms with Crippen LogP contribution in [0.1, 0.15) is 31.4 Å². The molecule has 16 heavy (non-hydrogen) atoms. The van der Waals surface area contributed by atoms with E-state index in [2.05, 4.69) is 12.2 Å². The van der Waals surface area contributed by atoms with Gasteiger partial charge in [0.25, 0.3) is 0 Å². The highest BCUT2D eigenvalue weighted by Gasteiger charge is 2.43. The topological polar surface area (TPSA) is 46.2 Å². The van der Waals surface area contributed by atoms with E-state index in [4.69, 9.17) is 0 Å². The van der Waals surface area contributed by atoms with Crippen molar-refractivity contribution in [2.24, 2.45) is 0 Å². The molecule has 0 saturated heterocycles. The zero-order chi connectivity index (χ0) is 11.4. The first-order valence-electron chi connectivity index (χ1n) is 5.60. The average Bonchev–Trinajstić information content (AvgIpc) is 2.89. The van der Waals surface area contributed by atoms with Crippen molar-refractivity contribution in [2.75, 3.05) is 5.75 Å². The average molecular weight is 237 g/mol. The number of rotatable bonds is 2. The minimum Gasteiger partial charge on any atom is -0.304 e. The lowest BCUT2D eigenvalue weighted by Gasteiger charge is -2.18. The van der Waals surface area contributed by atoms with Crippen LogP contribution in [0.4, 0.5) is 0 Å². The van der Waals surface area contributed by atoms with Crippen LogP contribution in [-0.4, -0.2) is 19.7 Å². The second-order valence-corrected chi connectivity index (χ2v) is 7.08. The Bertz CT molecular complexity index is 532. The summed E-state index contributed by atoms with van der Waals surface area (Å²) in [7, 11) is -3.06. The van der Waals surface area contributed by atoms with Crippen molar-refractivity contribution in [3.05, 3.63) is 29.8 Å². The van der Waals surface area contributed by atoms with Crippen LogP contribution in [0.2, 0.25) is 0 Å². The van der Waals surface area contributed by atoms with E-state index in [-0.39, 0.29) is 17.3 Å². The molecular weight excluding hydrogens is 222 g/mol. The predicted octanol–water partition coefficient (Wildman–Crippen LogP) is 1.66. The normalized spacial score (nSPS) is 28.7. The first-order chi connectivity index (χ1) is 7.50. The lowest BCUT2D eigenvalue weighted by atomic mass is 10.1. The maximum Gasteiger partial charge on any atom is 0.180 e. The van der Waals surface area contributed by atoms with Crippen LogP contribution in [0, 0.1) is 0 Å². The molecule has 1 saturated carbocycles. The maximum absolute atomic E-state index is 11.9. The molecule has 3 nitrogen and oxygen atoms in total. The minimum absolute atomic E-state index is 0.0197. The Morgan fingerprint density at radius 1 is 1.31 bits per heavy atom. The third-order valence-corrected chi connectivity index (χ3v) is 5.35. The summed E-state index contributed by atoms with van der Waals surface area (Å²) in [6.45, 7) is 2.15. The molecular formula is C12H15NO2S. The van der Waals surface area contributed by atoms with Crippen molar-refractivity contribution in [1.29, 1.82) is 0 Å². The molecule has 0 aromatic heterocycles. The molecule has 0 radical (unpaired) electrons. The van der Waals surface area contributed by atoms with E-state index in [0.717, 1.165) is 18.4 Å². The maximum atomic E-state index is 11.9. The summed E-state index contributed by atoms with van der Waals surface area (Å²) in [5, 5.41) is 3.46. The van der Waals surface area contributed by atoms with Crippen molar-refractivity contribution < 1.29 is 8.42 Å². The Morgan fingerprint density at radius 3 is 2.69 bits per heavy atom. The molecule has 0 bridgehead atoms. The first-order valence-corrected chi connectivity index (χ1v) is 7.25. The monoisotopic (exact) mass is 237 g/mol. The lowest BCUT2D eigenvalue weighted by molar-refractivity contribution is 0.469. The van der Waals surface area contributed by atoms with Crippen molar-refractivity contribution >= 4 is 9.84 Å². The molecule has 86 valence electrons. The van der Waals surface area contributed by atoms with E-state index in [1.54, 1.807) is 12.1 Å². The number of benzene rings is 1. The molecule has 1 N–H and O–H groups in total. The van der Waals surface area contributed by atoms with E-state index in [9.17, 15) is 8.42 Å². The zero-order valence-electron chi connectivity index (χ0n) is 9.23. The fourth-order valence-electron chi connectivity index (χ4n) is 2.32. The second kappa shape index (κ2) is 3.08. The Balaban J connectivity index is 1.99. The van der Waals surface area contributed by atoms with Gasteiger partial charge in [0.2, 0.25) is 0 Å². The first kappa shape index (κ1) is 10.3. The molecule has 0 amide bonds. The van der Waals surface area contributed by atoms with Gasteiger partial charge in [-0.05, 0) is 31.4 Å². The Morgan fingerprint density at radius 2 is 2.00 bits per heavy atom. The molecule has 1 heterocycles. The Labute approximate surface area is 95.8 Å². The van der Waals surface area contributed by atoms with Gasteiger partial charge in [0.1, 0.15) is 0 Å². The molecule has 1 aromatic rings. The van der Waals surface area contributed by atoms with Gasteiger partial charge in [0.15, 0.2) is 9.84 Å². The highest BCUT2D eigenvalue weighted by Crippen LogP contribution is 2.40. The van der Waals surface area contributed by atoms with Crippen LogP contribution < -0.4 is 5.32 Å². The summed E-state index contributed by atoms with van der Waals surface area (Å²) in [6.07, 6.45) is 2.29. The largest absolute Gasteiger partial charge is 0.304 e. The number of nitrogens with one attached hydrogen (secondary N) is 1. The summed E-state index contributed by atoms with van der Waals surface area (Å²) in [5.74, 6) is 0.210. The van der Waals surface area contributed by atoms with Crippen LogP contribution in [0.25, 0.3) is 0 Å². The summed E-state index contributed by atoms with van der Waals surface area (Å²) >= 11 is 0. The Kier molecular flexibility index (Phi) is 1.98. The molecule has 1 atom stereocenters. The smallest absolute Gasteiger partial charge is 0.180 e.